The minimum Gasteiger partial charge on any atom is -0.466 e. The third-order valence-electron chi connectivity index (χ3n) is 9.23. The van der Waals surface area contributed by atoms with Crippen LogP contribution in [0.25, 0.3) is 0 Å². The lowest BCUT2D eigenvalue weighted by molar-refractivity contribution is -0.161. The zero-order valence-corrected chi connectivity index (χ0v) is 34.5. The van der Waals surface area contributed by atoms with Gasteiger partial charge in [-0.25, -0.2) is 0 Å². The molecule has 0 aromatic carbocycles. The van der Waals surface area contributed by atoms with E-state index in [2.05, 4.69) is 52.0 Å². The second kappa shape index (κ2) is 39.5. The lowest BCUT2D eigenvalue weighted by Gasteiger charge is -2.19. The number of esters is 3. The molecule has 0 saturated heterocycles. The van der Waals surface area contributed by atoms with Gasteiger partial charge in [0.25, 0.3) is 0 Å². The molecule has 1 unspecified atom stereocenters. The topological polar surface area (TPSA) is 118 Å². The van der Waals surface area contributed by atoms with Crippen LogP contribution in [0.1, 0.15) is 182 Å². The van der Waals surface area contributed by atoms with Crippen molar-refractivity contribution in [3.05, 3.63) is 24.3 Å². The maximum atomic E-state index is 12.5. The molecule has 0 aromatic rings. The van der Waals surface area contributed by atoms with Crippen molar-refractivity contribution in [2.75, 3.05) is 39.6 Å². The standard InChI is InChI=1S/C44H80O9/c1-5-9-13-15-17-24-33-50-44(51-34-25-18-16-14-10-6-2)31-30-43(48)53-38-40(36-45)37-52-42(47)29-23-19-22-28-41(46)49-35-32-39(26-20-11-7-3)27-21-12-8-4/h9-10,13-14,39-40,44-45H,5-8,11-12,15-38H2,1-4H3/b13-9-,14-10-. The van der Waals surface area contributed by atoms with Crippen LogP contribution in [-0.2, 0) is 38.1 Å². The fourth-order valence-electron chi connectivity index (χ4n) is 5.82. The molecule has 0 amide bonds. The van der Waals surface area contributed by atoms with Gasteiger partial charge in [-0.15, -0.1) is 0 Å². The average molecular weight is 753 g/mol. The third kappa shape index (κ3) is 35.2. The van der Waals surface area contributed by atoms with E-state index < -0.39 is 18.2 Å². The molecule has 310 valence electrons. The van der Waals surface area contributed by atoms with Crippen molar-refractivity contribution in [3.8, 4) is 0 Å². The molecule has 1 N–H and O–H groups in total. The summed E-state index contributed by atoms with van der Waals surface area (Å²) >= 11 is 0. The summed E-state index contributed by atoms with van der Waals surface area (Å²) in [5.74, 6) is -0.796. The lowest BCUT2D eigenvalue weighted by atomic mass is 9.92. The smallest absolute Gasteiger partial charge is 0.305 e. The van der Waals surface area contributed by atoms with E-state index in [1.807, 2.05) is 0 Å². The van der Waals surface area contributed by atoms with Gasteiger partial charge in [0.1, 0.15) is 0 Å². The molecule has 9 heteroatoms. The molecule has 0 fully saturated rings. The van der Waals surface area contributed by atoms with Gasteiger partial charge in [-0.2, -0.15) is 0 Å². The molecule has 0 rings (SSSR count). The summed E-state index contributed by atoms with van der Waals surface area (Å²) < 4.78 is 28.2. The Morgan fingerprint density at radius 1 is 0.491 bits per heavy atom. The van der Waals surface area contributed by atoms with Gasteiger partial charge in [0, 0.05) is 32.5 Å². The molecule has 0 aromatic heterocycles. The van der Waals surface area contributed by atoms with Gasteiger partial charge in [-0.1, -0.05) is 110 Å². The summed E-state index contributed by atoms with van der Waals surface area (Å²) in [7, 11) is 0. The molecule has 0 heterocycles. The predicted molar refractivity (Wildman–Crippen MR) is 214 cm³/mol. The second-order valence-corrected chi connectivity index (χ2v) is 14.3. The summed E-state index contributed by atoms with van der Waals surface area (Å²) in [5.41, 5.74) is 0. The highest BCUT2D eigenvalue weighted by Gasteiger charge is 2.17. The molecule has 1 atom stereocenters. The Morgan fingerprint density at radius 2 is 1.00 bits per heavy atom. The molecule has 0 spiro atoms. The molecule has 0 aliphatic rings. The van der Waals surface area contributed by atoms with E-state index in [-0.39, 0.29) is 44.6 Å². The zero-order chi connectivity index (χ0) is 39.0. The van der Waals surface area contributed by atoms with Crippen molar-refractivity contribution in [3.63, 3.8) is 0 Å². The highest BCUT2D eigenvalue weighted by molar-refractivity contribution is 5.70. The van der Waals surface area contributed by atoms with Crippen LogP contribution in [0.5, 0.6) is 0 Å². The van der Waals surface area contributed by atoms with Crippen LogP contribution in [-0.4, -0.2) is 68.9 Å². The number of unbranched alkanes of at least 4 members (excludes halogenated alkanes) is 10. The Bertz CT molecular complexity index is 869. The largest absolute Gasteiger partial charge is 0.466 e. The van der Waals surface area contributed by atoms with Gasteiger partial charge >= 0.3 is 17.9 Å². The van der Waals surface area contributed by atoms with E-state index in [1.54, 1.807) is 0 Å². The van der Waals surface area contributed by atoms with Crippen LogP contribution >= 0.6 is 0 Å². The molecule has 0 radical (unpaired) electrons. The summed E-state index contributed by atoms with van der Waals surface area (Å²) in [6.45, 7) is 10.0. The predicted octanol–water partition coefficient (Wildman–Crippen LogP) is 10.8. The monoisotopic (exact) mass is 753 g/mol. The van der Waals surface area contributed by atoms with Gasteiger partial charge in [-0.3, -0.25) is 14.4 Å². The van der Waals surface area contributed by atoms with E-state index >= 15 is 0 Å². The number of aliphatic hydroxyl groups is 1. The first-order valence-electron chi connectivity index (χ1n) is 21.5. The molecule has 9 nitrogen and oxygen atoms in total. The van der Waals surface area contributed by atoms with Crippen molar-refractivity contribution in [2.45, 2.75) is 188 Å². The summed E-state index contributed by atoms with van der Waals surface area (Å²) in [4.78, 5) is 37.0. The van der Waals surface area contributed by atoms with Crippen LogP contribution in [0.15, 0.2) is 24.3 Å². The van der Waals surface area contributed by atoms with E-state index in [1.165, 1.54) is 51.4 Å². The van der Waals surface area contributed by atoms with Crippen LogP contribution in [0, 0.1) is 11.8 Å². The molecule has 0 aliphatic heterocycles. The fourth-order valence-corrected chi connectivity index (χ4v) is 5.82. The summed E-state index contributed by atoms with van der Waals surface area (Å²) in [5, 5.41) is 9.76. The van der Waals surface area contributed by atoms with Gasteiger partial charge in [-0.05, 0) is 76.5 Å². The van der Waals surface area contributed by atoms with E-state index in [9.17, 15) is 19.5 Å². The quantitative estimate of drug-likeness (QED) is 0.0215. The number of carbonyl (C=O) groups is 3. The van der Waals surface area contributed by atoms with Crippen molar-refractivity contribution in [1.29, 1.82) is 0 Å². The molecular formula is C44H80O9. The molecule has 0 bridgehead atoms. The maximum absolute atomic E-state index is 12.5. The van der Waals surface area contributed by atoms with Crippen molar-refractivity contribution in [2.24, 2.45) is 11.8 Å². The zero-order valence-electron chi connectivity index (χ0n) is 34.5. The summed E-state index contributed by atoms with van der Waals surface area (Å²) in [6, 6.07) is 0. The number of allylic oxidation sites excluding steroid dienone is 4. The highest BCUT2D eigenvalue weighted by Crippen LogP contribution is 2.21. The van der Waals surface area contributed by atoms with Gasteiger partial charge in [0.2, 0.25) is 0 Å². The SMILES string of the molecule is CC/C=C\CCCCOC(CCC(=O)OCC(CO)COC(=O)CCCCCC(=O)OCCC(CCCCC)CCCCC)OCCCC/C=C\CC. The Balaban J connectivity index is 4.29. The Labute approximate surface area is 324 Å². The lowest BCUT2D eigenvalue weighted by Crippen LogP contribution is -2.25. The van der Waals surface area contributed by atoms with E-state index in [4.69, 9.17) is 23.7 Å². The van der Waals surface area contributed by atoms with Gasteiger partial charge < -0.3 is 28.8 Å². The number of carbonyl (C=O) groups excluding carboxylic acids is 3. The molecular weight excluding hydrogens is 672 g/mol. The second-order valence-electron chi connectivity index (χ2n) is 14.3. The number of ether oxygens (including phenoxy) is 5. The number of hydrogen-bond donors (Lipinski definition) is 1. The van der Waals surface area contributed by atoms with Gasteiger partial charge in [0.05, 0.1) is 38.8 Å². The van der Waals surface area contributed by atoms with Crippen LogP contribution in [0.4, 0.5) is 0 Å². The average Bonchev–Trinajstić information content (AvgIpc) is 3.15. The molecule has 0 saturated carbocycles. The molecule has 53 heavy (non-hydrogen) atoms. The Morgan fingerprint density at radius 3 is 1.49 bits per heavy atom. The first-order valence-corrected chi connectivity index (χ1v) is 21.5. The third-order valence-corrected chi connectivity index (χ3v) is 9.23. The minimum atomic E-state index is -0.498. The van der Waals surface area contributed by atoms with E-state index in [0.717, 1.165) is 64.2 Å². The first kappa shape index (κ1) is 50.8. The highest BCUT2D eigenvalue weighted by atomic mass is 16.7. The van der Waals surface area contributed by atoms with E-state index in [0.29, 0.717) is 51.4 Å². The van der Waals surface area contributed by atoms with Crippen molar-refractivity contribution >= 4 is 17.9 Å². The first-order chi connectivity index (χ1) is 25.9. The summed E-state index contributed by atoms with van der Waals surface area (Å²) in [6.07, 6.45) is 30.3. The maximum Gasteiger partial charge on any atom is 0.305 e. The van der Waals surface area contributed by atoms with Crippen LogP contribution in [0.3, 0.4) is 0 Å². The number of hydrogen-bond acceptors (Lipinski definition) is 9. The normalized spacial score (nSPS) is 12.4. The van der Waals surface area contributed by atoms with Crippen molar-refractivity contribution in [1.82, 2.24) is 0 Å². The van der Waals surface area contributed by atoms with Crippen molar-refractivity contribution < 1.29 is 43.2 Å². The molecule has 0 aliphatic carbocycles. The van der Waals surface area contributed by atoms with Gasteiger partial charge in [0.15, 0.2) is 6.29 Å². The number of rotatable bonds is 39. The number of aliphatic hydroxyl groups excluding tert-OH is 1. The Kier molecular flexibility index (Phi) is 37.8. The minimum absolute atomic E-state index is 0.0252. The van der Waals surface area contributed by atoms with Crippen LogP contribution < -0.4 is 0 Å². The fraction of sp³-hybridized carbons (Fsp3) is 0.841. The Hall–Kier alpha value is -2.23. The van der Waals surface area contributed by atoms with Crippen LogP contribution in [0.2, 0.25) is 0 Å².